The molecule has 0 aromatic rings. The minimum absolute atomic E-state index is 0.255. The van der Waals surface area contributed by atoms with Gasteiger partial charge in [-0.15, -0.1) is 0 Å². The van der Waals surface area contributed by atoms with E-state index in [4.69, 9.17) is 0 Å². The summed E-state index contributed by atoms with van der Waals surface area (Å²) in [7, 11) is 0. The van der Waals surface area contributed by atoms with Gasteiger partial charge in [0.05, 0.1) is 3.39 Å². The Balaban J connectivity index is 0. The molecule has 0 rings (SSSR count). The van der Waals surface area contributed by atoms with Crippen LogP contribution in [0.1, 0.15) is 40.5 Å². The molecule has 0 fully saturated rings. The summed E-state index contributed by atoms with van der Waals surface area (Å²) >= 11 is 6.59. The number of hydrogen-bond donors (Lipinski definition) is 0. The van der Waals surface area contributed by atoms with Crippen molar-refractivity contribution >= 4 is 38.1 Å². The lowest BCUT2D eigenvalue weighted by Gasteiger charge is -1.97. The first-order chi connectivity index (χ1) is 6.47. The second-order valence-electron chi connectivity index (χ2n) is 3.36. The quantitative estimate of drug-likeness (QED) is 0.671. The second-order valence-corrected chi connectivity index (χ2v) is 6.14. The van der Waals surface area contributed by atoms with Gasteiger partial charge in [-0.05, 0) is 44.2 Å². The first-order valence-corrected chi connectivity index (χ1v) is 6.54. The maximum absolute atomic E-state index is 9.74. The van der Waals surface area contributed by atoms with Crippen LogP contribution in [0, 0.1) is 11.8 Å². The van der Waals surface area contributed by atoms with Crippen LogP contribution in [-0.4, -0.2) is 6.29 Å². The first kappa shape index (κ1) is 16.8. The molecule has 0 amide bonds. The summed E-state index contributed by atoms with van der Waals surface area (Å²) in [4.78, 5) is 9.74. The Bertz CT molecular complexity index is 163. The molecule has 2 atom stereocenters. The zero-order valence-corrected chi connectivity index (χ0v) is 12.6. The number of carbonyl (C=O) groups excluding carboxylic acids is 1. The molecule has 0 saturated heterocycles. The molecule has 3 heteroatoms. The molecular weight excluding hydrogens is 308 g/mol. The molecule has 0 N–H and O–H groups in total. The highest BCUT2D eigenvalue weighted by Crippen LogP contribution is 2.17. The van der Waals surface area contributed by atoms with Crippen molar-refractivity contribution < 1.29 is 4.79 Å². The van der Waals surface area contributed by atoms with E-state index in [1.165, 1.54) is 6.42 Å². The summed E-state index contributed by atoms with van der Waals surface area (Å²) in [5, 5.41) is 0. The van der Waals surface area contributed by atoms with Crippen molar-refractivity contribution in [3.8, 4) is 0 Å². The summed E-state index contributed by atoms with van der Waals surface area (Å²) < 4.78 is 1.05. The summed E-state index contributed by atoms with van der Waals surface area (Å²) in [6.45, 7) is 8.26. The van der Waals surface area contributed by atoms with Gasteiger partial charge < -0.3 is 4.79 Å². The van der Waals surface area contributed by atoms with Crippen molar-refractivity contribution in [2.75, 3.05) is 0 Å². The van der Waals surface area contributed by atoms with Crippen molar-refractivity contribution in [2.45, 2.75) is 40.5 Å². The molecule has 0 saturated carbocycles. The van der Waals surface area contributed by atoms with Gasteiger partial charge in [-0.25, -0.2) is 0 Å². The molecule has 0 aliphatic carbocycles. The largest absolute Gasteiger partial charge is 0.303 e. The maximum atomic E-state index is 9.74. The van der Waals surface area contributed by atoms with Crippen molar-refractivity contribution in [3.63, 3.8) is 0 Å². The Kier molecular flexibility index (Phi) is 13.7. The normalized spacial score (nSPS) is 13.3. The lowest BCUT2D eigenvalue weighted by atomic mass is 10.1. The highest BCUT2D eigenvalue weighted by molar-refractivity contribution is 9.28. The van der Waals surface area contributed by atoms with Gasteiger partial charge in [-0.3, -0.25) is 0 Å². The third-order valence-electron chi connectivity index (χ3n) is 1.93. The van der Waals surface area contributed by atoms with Gasteiger partial charge in [-0.1, -0.05) is 40.2 Å². The third-order valence-corrected chi connectivity index (χ3v) is 2.46. The van der Waals surface area contributed by atoms with E-state index >= 15 is 0 Å². The Morgan fingerprint density at radius 3 is 1.64 bits per heavy atom. The molecular formula is C11H20Br2O. The Labute approximate surface area is 105 Å². The van der Waals surface area contributed by atoms with Crippen LogP contribution in [0.25, 0.3) is 0 Å². The minimum Gasteiger partial charge on any atom is -0.303 e. The fourth-order valence-electron chi connectivity index (χ4n) is 0.429. The van der Waals surface area contributed by atoms with Gasteiger partial charge >= 0.3 is 0 Å². The van der Waals surface area contributed by atoms with Gasteiger partial charge in [0.25, 0.3) is 0 Å². The number of allylic oxidation sites excluding steroid dienone is 1. The summed E-state index contributed by atoms with van der Waals surface area (Å²) in [6, 6.07) is 0. The van der Waals surface area contributed by atoms with Crippen LogP contribution in [0.3, 0.4) is 0 Å². The fraction of sp³-hybridized carbons (Fsp3) is 0.727. The van der Waals surface area contributed by atoms with E-state index in [-0.39, 0.29) is 5.92 Å². The molecule has 0 unspecified atom stereocenters. The van der Waals surface area contributed by atoms with Gasteiger partial charge in [-0.2, -0.15) is 0 Å². The van der Waals surface area contributed by atoms with Crippen molar-refractivity contribution in [1.29, 1.82) is 0 Å². The Morgan fingerprint density at radius 2 is 1.57 bits per heavy atom. The average Bonchev–Trinajstić information content (AvgIpc) is 2.16. The van der Waals surface area contributed by atoms with E-state index in [0.29, 0.717) is 5.92 Å². The molecule has 0 aromatic carbocycles. The molecule has 0 heterocycles. The predicted molar refractivity (Wildman–Crippen MR) is 70.9 cm³/mol. The molecule has 0 bridgehead atoms. The van der Waals surface area contributed by atoms with Crippen LogP contribution in [0.15, 0.2) is 9.47 Å². The monoisotopic (exact) mass is 326 g/mol. The van der Waals surface area contributed by atoms with Crippen LogP contribution in [-0.2, 0) is 4.79 Å². The summed E-state index contributed by atoms with van der Waals surface area (Å²) in [6.07, 6.45) is 5.27. The molecule has 0 spiro atoms. The molecule has 84 valence electrons. The lowest BCUT2D eigenvalue weighted by Crippen LogP contribution is -1.89. The van der Waals surface area contributed by atoms with Crippen LogP contribution in [0.4, 0.5) is 0 Å². The standard InChI is InChI=1S/C6H10Br2.C5H10O/c1-3-5(2)4-6(7)8;1-3-5(2)4-6/h4-5H,3H2,1-2H3;4-5H,3H2,1-2H3/t2*5-/m00/s1. The van der Waals surface area contributed by atoms with E-state index in [9.17, 15) is 4.79 Å². The van der Waals surface area contributed by atoms with Crippen LogP contribution in [0.2, 0.25) is 0 Å². The Hall–Kier alpha value is 0.370. The van der Waals surface area contributed by atoms with Gasteiger partial charge in [0, 0.05) is 5.92 Å². The Morgan fingerprint density at radius 1 is 1.14 bits per heavy atom. The predicted octanol–water partition coefficient (Wildman–Crippen LogP) is 4.90. The first-order valence-electron chi connectivity index (χ1n) is 4.95. The van der Waals surface area contributed by atoms with Crippen molar-refractivity contribution in [3.05, 3.63) is 9.47 Å². The number of halogens is 2. The highest BCUT2D eigenvalue weighted by Gasteiger charge is 1.91. The fourth-order valence-corrected chi connectivity index (χ4v) is 1.33. The topological polar surface area (TPSA) is 17.1 Å². The van der Waals surface area contributed by atoms with Crippen LogP contribution in [0.5, 0.6) is 0 Å². The van der Waals surface area contributed by atoms with E-state index in [1.54, 1.807) is 0 Å². The van der Waals surface area contributed by atoms with Crippen LogP contribution < -0.4 is 0 Å². The second kappa shape index (κ2) is 11.4. The lowest BCUT2D eigenvalue weighted by molar-refractivity contribution is -0.110. The molecule has 0 radical (unpaired) electrons. The highest BCUT2D eigenvalue weighted by atomic mass is 79.9. The van der Waals surface area contributed by atoms with E-state index < -0.39 is 0 Å². The zero-order chi connectivity index (χ0) is 11.6. The molecule has 1 nitrogen and oxygen atoms in total. The van der Waals surface area contributed by atoms with E-state index in [0.717, 1.165) is 16.1 Å². The molecule has 0 aromatic heterocycles. The number of hydrogen-bond acceptors (Lipinski definition) is 1. The van der Waals surface area contributed by atoms with Crippen LogP contribution >= 0.6 is 31.9 Å². The van der Waals surface area contributed by atoms with Gasteiger partial charge in [0.15, 0.2) is 0 Å². The van der Waals surface area contributed by atoms with Gasteiger partial charge in [0.1, 0.15) is 6.29 Å². The van der Waals surface area contributed by atoms with Crippen molar-refractivity contribution in [1.82, 2.24) is 0 Å². The zero-order valence-electron chi connectivity index (χ0n) is 9.39. The summed E-state index contributed by atoms with van der Waals surface area (Å²) in [5.74, 6) is 0.925. The smallest absolute Gasteiger partial charge is 0.122 e. The molecule has 0 aliphatic heterocycles. The average molecular weight is 328 g/mol. The van der Waals surface area contributed by atoms with E-state index in [1.807, 2.05) is 13.8 Å². The number of rotatable bonds is 4. The third kappa shape index (κ3) is 14.9. The molecule has 14 heavy (non-hydrogen) atoms. The maximum Gasteiger partial charge on any atom is 0.122 e. The SMILES string of the molecule is CC[C@H](C)C=C(Br)Br.CC[C@H](C)C=O. The molecule has 0 aliphatic rings. The number of carbonyl (C=O) groups is 1. The number of aldehydes is 1. The van der Waals surface area contributed by atoms with Gasteiger partial charge in [0.2, 0.25) is 0 Å². The van der Waals surface area contributed by atoms with E-state index in [2.05, 4.69) is 51.8 Å². The minimum atomic E-state index is 0.255. The van der Waals surface area contributed by atoms with Crippen molar-refractivity contribution in [2.24, 2.45) is 11.8 Å². The summed E-state index contributed by atoms with van der Waals surface area (Å²) in [5.41, 5.74) is 0.